The maximum atomic E-state index is 12.2. The van der Waals surface area contributed by atoms with Gasteiger partial charge in [0.1, 0.15) is 10.9 Å². The number of para-hydroxylation sites is 1. The normalized spacial score (nSPS) is 16.4. The van der Waals surface area contributed by atoms with E-state index in [-0.39, 0.29) is 18.4 Å². The standard InChI is InChI=1S/C17H16N2O3S2/c1-3-22-15(20)10-19-9-11(12-6-4-5-7-13(12)19)8-14-16(21)18(2)17(23)24-14/h4-9H,3,10H2,1-2H3/b14-8-. The number of carbonyl (C=O) groups is 2. The number of hydrogen-bond acceptors (Lipinski definition) is 5. The molecule has 1 aromatic carbocycles. The molecule has 1 fully saturated rings. The van der Waals surface area contributed by atoms with Crippen molar-refractivity contribution in [3.63, 3.8) is 0 Å². The van der Waals surface area contributed by atoms with Crippen LogP contribution in [0.3, 0.4) is 0 Å². The van der Waals surface area contributed by atoms with Crippen molar-refractivity contribution in [3.8, 4) is 0 Å². The van der Waals surface area contributed by atoms with Crippen LogP contribution in [0.5, 0.6) is 0 Å². The van der Waals surface area contributed by atoms with Gasteiger partial charge in [0.05, 0.1) is 11.5 Å². The number of fused-ring (bicyclic) bond motifs is 1. The fourth-order valence-corrected chi connectivity index (χ4v) is 3.72. The highest BCUT2D eigenvalue weighted by atomic mass is 32.2. The maximum Gasteiger partial charge on any atom is 0.325 e. The quantitative estimate of drug-likeness (QED) is 0.477. The van der Waals surface area contributed by atoms with Gasteiger partial charge in [0, 0.05) is 29.7 Å². The van der Waals surface area contributed by atoms with Crippen LogP contribution in [0.25, 0.3) is 17.0 Å². The molecular formula is C17H16N2O3S2. The summed E-state index contributed by atoms with van der Waals surface area (Å²) in [7, 11) is 1.67. The number of hydrogen-bond donors (Lipinski definition) is 0. The van der Waals surface area contributed by atoms with E-state index in [9.17, 15) is 9.59 Å². The van der Waals surface area contributed by atoms with Crippen molar-refractivity contribution in [1.82, 2.24) is 9.47 Å². The summed E-state index contributed by atoms with van der Waals surface area (Å²) in [6.07, 6.45) is 3.69. The first-order valence-electron chi connectivity index (χ1n) is 7.46. The van der Waals surface area contributed by atoms with Crippen LogP contribution in [-0.4, -0.2) is 39.3 Å². The van der Waals surface area contributed by atoms with E-state index in [1.165, 1.54) is 16.7 Å². The van der Waals surface area contributed by atoms with Crippen molar-refractivity contribution in [2.24, 2.45) is 0 Å². The molecule has 3 rings (SSSR count). The largest absolute Gasteiger partial charge is 0.465 e. The molecule has 24 heavy (non-hydrogen) atoms. The first-order valence-corrected chi connectivity index (χ1v) is 8.68. The number of esters is 1. The summed E-state index contributed by atoms with van der Waals surface area (Å²) in [5, 5.41) is 0.975. The predicted octanol–water partition coefficient (Wildman–Crippen LogP) is 3.04. The molecule has 0 aliphatic carbocycles. The van der Waals surface area contributed by atoms with Crippen molar-refractivity contribution in [2.45, 2.75) is 13.5 Å². The van der Waals surface area contributed by atoms with Crippen LogP contribution < -0.4 is 0 Å². The molecular weight excluding hydrogens is 344 g/mol. The lowest BCUT2D eigenvalue weighted by atomic mass is 10.1. The average Bonchev–Trinajstić information content (AvgIpc) is 3.02. The molecule has 0 N–H and O–H groups in total. The first kappa shape index (κ1) is 16.7. The van der Waals surface area contributed by atoms with Gasteiger partial charge in [0.2, 0.25) is 0 Å². The van der Waals surface area contributed by atoms with E-state index < -0.39 is 0 Å². The third kappa shape index (κ3) is 3.09. The molecule has 1 aromatic heterocycles. The van der Waals surface area contributed by atoms with E-state index in [0.29, 0.717) is 15.8 Å². The Bertz CT molecular complexity index is 870. The number of amides is 1. The second-order valence-electron chi connectivity index (χ2n) is 5.28. The maximum absolute atomic E-state index is 12.2. The minimum atomic E-state index is -0.287. The van der Waals surface area contributed by atoms with Crippen molar-refractivity contribution in [2.75, 3.05) is 13.7 Å². The fourth-order valence-electron chi connectivity index (χ4n) is 2.55. The van der Waals surface area contributed by atoms with Gasteiger partial charge in [0.15, 0.2) is 0 Å². The predicted molar refractivity (Wildman–Crippen MR) is 99.5 cm³/mol. The molecule has 1 saturated heterocycles. The number of rotatable bonds is 4. The third-order valence-electron chi connectivity index (χ3n) is 3.70. The Labute approximate surface area is 149 Å². The number of carbonyl (C=O) groups excluding carboxylic acids is 2. The van der Waals surface area contributed by atoms with Gasteiger partial charge in [-0.15, -0.1) is 0 Å². The van der Waals surface area contributed by atoms with E-state index >= 15 is 0 Å². The number of benzene rings is 1. The van der Waals surface area contributed by atoms with Gasteiger partial charge in [-0.05, 0) is 19.1 Å². The summed E-state index contributed by atoms with van der Waals surface area (Å²) in [6.45, 7) is 2.27. The summed E-state index contributed by atoms with van der Waals surface area (Å²) < 4.78 is 7.41. The van der Waals surface area contributed by atoms with Gasteiger partial charge in [-0.2, -0.15) is 0 Å². The molecule has 1 aliphatic rings. The van der Waals surface area contributed by atoms with E-state index in [1.54, 1.807) is 14.0 Å². The minimum absolute atomic E-state index is 0.104. The molecule has 0 saturated carbocycles. The van der Waals surface area contributed by atoms with Gasteiger partial charge in [-0.1, -0.05) is 42.2 Å². The highest BCUT2D eigenvalue weighted by Gasteiger charge is 2.29. The molecule has 1 aliphatic heterocycles. The number of ether oxygens (including phenoxy) is 1. The van der Waals surface area contributed by atoms with Crippen molar-refractivity contribution in [1.29, 1.82) is 0 Å². The van der Waals surface area contributed by atoms with Crippen LogP contribution in [0.4, 0.5) is 0 Å². The Morgan fingerprint density at radius 3 is 2.79 bits per heavy atom. The van der Waals surface area contributed by atoms with Crippen molar-refractivity contribution >= 4 is 57.2 Å². The lowest BCUT2D eigenvalue weighted by molar-refractivity contribution is -0.143. The molecule has 0 atom stereocenters. The SMILES string of the molecule is CCOC(=O)Cn1cc(/C=C2\SC(=S)N(C)C2=O)c2ccccc21. The van der Waals surface area contributed by atoms with E-state index in [4.69, 9.17) is 17.0 Å². The van der Waals surface area contributed by atoms with Gasteiger partial charge < -0.3 is 9.30 Å². The summed E-state index contributed by atoms with van der Waals surface area (Å²) in [5.41, 5.74) is 1.80. The molecule has 7 heteroatoms. The minimum Gasteiger partial charge on any atom is -0.465 e. The molecule has 124 valence electrons. The average molecular weight is 360 g/mol. The topological polar surface area (TPSA) is 51.5 Å². The van der Waals surface area contributed by atoms with Crippen LogP contribution in [0.15, 0.2) is 35.4 Å². The van der Waals surface area contributed by atoms with Gasteiger partial charge in [0.25, 0.3) is 5.91 Å². The van der Waals surface area contributed by atoms with Gasteiger partial charge >= 0.3 is 5.97 Å². The molecule has 0 radical (unpaired) electrons. The summed E-state index contributed by atoms with van der Waals surface area (Å²) in [5.74, 6) is -0.392. The summed E-state index contributed by atoms with van der Waals surface area (Å²) >= 11 is 6.44. The molecule has 2 heterocycles. The second-order valence-corrected chi connectivity index (χ2v) is 6.95. The van der Waals surface area contributed by atoms with Crippen molar-refractivity contribution < 1.29 is 14.3 Å². The monoisotopic (exact) mass is 360 g/mol. The molecule has 0 spiro atoms. The summed E-state index contributed by atoms with van der Waals surface area (Å²) in [6, 6.07) is 7.76. The van der Waals surface area contributed by atoms with Crippen LogP contribution >= 0.6 is 24.0 Å². The van der Waals surface area contributed by atoms with Crippen molar-refractivity contribution in [3.05, 3.63) is 40.9 Å². The zero-order valence-corrected chi connectivity index (χ0v) is 14.9. The zero-order valence-electron chi connectivity index (χ0n) is 13.3. The Hall–Kier alpha value is -2.12. The highest BCUT2D eigenvalue weighted by Crippen LogP contribution is 2.33. The lowest BCUT2D eigenvalue weighted by Gasteiger charge is -2.04. The van der Waals surface area contributed by atoms with E-state index in [1.807, 2.05) is 41.1 Å². The van der Waals surface area contributed by atoms with Crippen LogP contribution in [0, 0.1) is 0 Å². The van der Waals surface area contributed by atoms with Gasteiger partial charge in [-0.25, -0.2) is 0 Å². The highest BCUT2D eigenvalue weighted by molar-refractivity contribution is 8.26. The second kappa shape index (κ2) is 6.78. The van der Waals surface area contributed by atoms with E-state index in [2.05, 4.69) is 0 Å². The number of likely N-dealkylation sites (N-methyl/N-ethyl adjacent to an activating group) is 1. The Balaban J connectivity index is 2.02. The molecule has 5 nitrogen and oxygen atoms in total. The molecule has 0 unspecified atom stereocenters. The Morgan fingerprint density at radius 1 is 1.38 bits per heavy atom. The molecule has 2 aromatic rings. The number of thiocarbonyl (C=S) groups is 1. The molecule has 1 amide bonds. The number of nitrogens with zero attached hydrogens (tertiary/aromatic N) is 2. The Morgan fingerprint density at radius 2 is 2.12 bits per heavy atom. The number of aromatic nitrogens is 1. The Kier molecular flexibility index (Phi) is 4.73. The first-order chi connectivity index (χ1) is 11.5. The number of thioether (sulfide) groups is 1. The van der Waals surface area contributed by atoms with Gasteiger partial charge in [-0.3, -0.25) is 14.5 Å². The van der Waals surface area contributed by atoms with Crippen LogP contribution in [0.2, 0.25) is 0 Å². The lowest BCUT2D eigenvalue weighted by Crippen LogP contribution is -2.22. The fraction of sp³-hybridized carbons (Fsp3) is 0.235. The van der Waals surface area contributed by atoms with E-state index in [0.717, 1.165) is 16.5 Å². The zero-order chi connectivity index (χ0) is 17.3. The van der Waals surface area contributed by atoms with Crippen LogP contribution in [-0.2, 0) is 20.9 Å². The van der Waals surface area contributed by atoms with Crippen LogP contribution in [0.1, 0.15) is 12.5 Å². The summed E-state index contributed by atoms with van der Waals surface area (Å²) in [4.78, 5) is 26.0. The third-order valence-corrected chi connectivity index (χ3v) is 5.18. The smallest absolute Gasteiger partial charge is 0.325 e. The molecule has 0 bridgehead atoms.